The molecule has 1 aliphatic heterocycles. The minimum atomic E-state index is 0.713. The smallest absolute Gasteiger partial charge is 0.191 e. The van der Waals surface area contributed by atoms with Crippen molar-refractivity contribution in [2.45, 2.75) is 13.0 Å². The lowest BCUT2D eigenvalue weighted by Crippen LogP contribution is -2.39. The van der Waals surface area contributed by atoms with Gasteiger partial charge in [0.2, 0.25) is 0 Å². The molecule has 0 saturated carbocycles. The van der Waals surface area contributed by atoms with Crippen LogP contribution in [0.5, 0.6) is 5.75 Å². The van der Waals surface area contributed by atoms with Gasteiger partial charge in [0, 0.05) is 26.7 Å². The molecule has 1 aliphatic rings. The van der Waals surface area contributed by atoms with Gasteiger partial charge < -0.3 is 20.3 Å². The molecule has 0 aromatic heterocycles. The van der Waals surface area contributed by atoms with Gasteiger partial charge in [-0.1, -0.05) is 12.1 Å². The summed E-state index contributed by atoms with van der Waals surface area (Å²) in [4.78, 5) is 6.65. The maximum Gasteiger partial charge on any atom is 0.191 e. The Morgan fingerprint density at radius 3 is 2.95 bits per heavy atom. The molecule has 1 aromatic carbocycles. The maximum absolute atomic E-state index is 5.23. The average Bonchev–Trinajstić information content (AvgIpc) is 2.93. The second-order valence-corrected chi connectivity index (χ2v) is 5.58. The summed E-state index contributed by atoms with van der Waals surface area (Å²) in [5.41, 5.74) is 1.18. The van der Waals surface area contributed by atoms with Gasteiger partial charge in [0.25, 0.3) is 0 Å². The predicted molar refractivity (Wildman–Crippen MR) is 86.8 cm³/mol. The average molecular weight is 290 g/mol. The zero-order valence-corrected chi connectivity index (χ0v) is 13.2. The van der Waals surface area contributed by atoms with E-state index in [1.165, 1.54) is 25.1 Å². The van der Waals surface area contributed by atoms with Crippen molar-refractivity contribution in [3.63, 3.8) is 0 Å². The van der Waals surface area contributed by atoms with E-state index >= 15 is 0 Å². The molecule has 1 atom stereocenters. The number of hydrogen-bond acceptors (Lipinski definition) is 3. The lowest BCUT2D eigenvalue weighted by Gasteiger charge is -2.15. The third kappa shape index (κ3) is 4.93. The molecule has 0 bridgehead atoms. The molecule has 2 N–H and O–H groups in total. The molecule has 5 nitrogen and oxygen atoms in total. The summed E-state index contributed by atoms with van der Waals surface area (Å²) in [5, 5.41) is 6.75. The molecule has 1 fully saturated rings. The van der Waals surface area contributed by atoms with Crippen molar-refractivity contribution >= 4 is 5.96 Å². The zero-order valence-electron chi connectivity index (χ0n) is 13.2. The van der Waals surface area contributed by atoms with Crippen LogP contribution >= 0.6 is 0 Å². The fourth-order valence-corrected chi connectivity index (χ4v) is 2.62. The lowest BCUT2D eigenvalue weighted by atomic mass is 10.1. The summed E-state index contributed by atoms with van der Waals surface area (Å²) < 4.78 is 5.23. The Morgan fingerprint density at radius 1 is 1.43 bits per heavy atom. The highest BCUT2D eigenvalue weighted by Gasteiger charge is 2.19. The molecule has 1 saturated heterocycles. The first kappa shape index (κ1) is 15.6. The van der Waals surface area contributed by atoms with Crippen LogP contribution in [0.4, 0.5) is 0 Å². The Balaban J connectivity index is 1.77. The molecule has 5 heteroatoms. The molecule has 1 aromatic rings. The monoisotopic (exact) mass is 290 g/mol. The number of aliphatic imine (C=N–C) groups is 1. The number of methoxy groups -OCH3 is 1. The van der Waals surface area contributed by atoms with Crippen molar-refractivity contribution in [1.82, 2.24) is 15.5 Å². The van der Waals surface area contributed by atoms with Gasteiger partial charge >= 0.3 is 0 Å². The maximum atomic E-state index is 5.23. The quantitative estimate of drug-likeness (QED) is 0.634. The van der Waals surface area contributed by atoms with Crippen molar-refractivity contribution in [1.29, 1.82) is 0 Å². The minimum Gasteiger partial charge on any atom is -0.497 e. The van der Waals surface area contributed by atoms with Crippen molar-refractivity contribution in [3.8, 4) is 5.75 Å². The van der Waals surface area contributed by atoms with Crippen molar-refractivity contribution in [3.05, 3.63) is 29.8 Å². The third-order valence-corrected chi connectivity index (χ3v) is 3.86. The van der Waals surface area contributed by atoms with E-state index in [1.54, 1.807) is 7.11 Å². The first-order chi connectivity index (χ1) is 10.2. The standard InChI is InChI=1S/C16H26N4O/c1-17-16(19-11-14-7-8-20(2)12-14)18-10-13-5-4-6-15(9-13)21-3/h4-6,9,14H,7-8,10-12H2,1-3H3,(H2,17,18,19). The largest absolute Gasteiger partial charge is 0.497 e. The van der Waals surface area contributed by atoms with E-state index in [4.69, 9.17) is 4.74 Å². The molecule has 1 heterocycles. The fraction of sp³-hybridized carbons (Fsp3) is 0.562. The minimum absolute atomic E-state index is 0.713. The number of ether oxygens (including phenoxy) is 1. The molecule has 116 valence electrons. The summed E-state index contributed by atoms with van der Waals surface area (Å²) in [7, 11) is 5.67. The molecule has 0 spiro atoms. The zero-order chi connectivity index (χ0) is 15.1. The van der Waals surface area contributed by atoms with E-state index in [0.29, 0.717) is 5.92 Å². The van der Waals surface area contributed by atoms with Gasteiger partial charge in [-0.25, -0.2) is 0 Å². The summed E-state index contributed by atoms with van der Waals surface area (Å²) in [6.45, 7) is 4.08. The van der Waals surface area contributed by atoms with E-state index in [0.717, 1.165) is 24.8 Å². The molecule has 2 rings (SSSR count). The van der Waals surface area contributed by atoms with E-state index in [9.17, 15) is 0 Å². The molecule has 21 heavy (non-hydrogen) atoms. The second kappa shape index (κ2) is 7.88. The number of nitrogens with one attached hydrogen (secondary N) is 2. The number of likely N-dealkylation sites (tertiary alicyclic amines) is 1. The predicted octanol–water partition coefficient (Wildman–Crippen LogP) is 1.31. The fourth-order valence-electron chi connectivity index (χ4n) is 2.62. The highest BCUT2D eigenvalue weighted by atomic mass is 16.5. The van der Waals surface area contributed by atoms with Crippen molar-refractivity contribution < 1.29 is 4.74 Å². The van der Waals surface area contributed by atoms with Crippen LogP contribution in [0.15, 0.2) is 29.3 Å². The Hall–Kier alpha value is -1.75. The van der Waals surface area contributed by atoms with Crippen LogP contribution in [-0.2, 0) is 6.54 Å². The third-order valence-electron chi connectivity index (χ3n) is 3.86. The van der Waals surface area contributed by atoms with Gasteiger partial charge in [0.1, 0.15) is 5.75 Å². The van der Waals surface area contributed by atoms with Gasteiger partial charge in [-0.05, 0) is 43.6 Å². The van der Waals surface area contributed by atoms with Crippen LogP contribution in [-0.4, -0.2) is 51.7 Å². The first-order valence-corrected chi connectivity index (χ1v) is 7.47. The second-order valence-electron chi connectivity index (χ2n) is 5.58. The van der Waals surface area contributed by atoms with Crippen molar-refractivity contribution in [2.24, 2.45) is 10.9 Å². The highest BCUT2D eigenvalue weighted by Crippen LogP contribution is 2.13. The number of rotatable bonds is 5. The van der Waals surface area contributed by atoms with Gasteiger partial charge in [-0.2, -0.15) is 0 Å². The summed E-state index contributed by atoms with van der Waals surface area (Å²) in [6, 6.07) is 8.06. The van der Waals surface area contributed by atoms with Gasteiger partial charge in [0.05, 0.1) is 7.11 Å². The van der Waals surface area contributed by atoms with Gasteiger partial charge in [0.15, 0.2) is 5.96 Å². The Labute approximate surface area is 127 Å². The molecular formula is C16H26N4O. The molecule has 0 amide bonds. The van der Waals surface area contributed by atoms with Crippen LogP contribution < -0.4 is 15.4 Å². The number of nitrogens with zero attached hydrogens (tertiary/aromatic N) is 2. The molecule has 0 aliphatic carbocycles. The van der Waals surface area contributed by atoms with Crippen LogP contribution in [0.1, 0.15) is 12.0 Å². The highest BCUT2D eigenvalue weighted by molar-refractivity contribution is 5.79. The first-order valence-electron chi connectivity index (χ1n) is 7.47. The summed E-state index contributed by atoms with van der Waals surface area (Å²) >= 11 is 0. The van der Waals surface area contributed by atoms with Crippen molar-refractivity contribution in [2.75, 3.05) is 40.8 Å². The van der Waals surface area contributed by atoms with Crippen LogP contribution in [0.3, 0.4) is 0 Å². The van der Waals surface area contributed by atoms with E-state index in [2.05, 4.69) is 33.6 Å². The van der Waals surface area contributed by atoms with Crippen LogP contribution in [0, 0.1) is 5.92 Å². The van der Waals surface area contributed by atoms with E-state index in [1.807, 2.05) is 25.2 Å². The van der Waals surface area contributed by atoms with E-state index in [-0.39, 0.29) is 0 Å². The Morgan fingerprint density at radius 2 is 2.29 bits per heavy atom. The topological polar surface area (TPSA) is 48.9 Å². The Kier molecular flexibility index (Phi) is 5.87. The molecule has 0 radical (unpaired) electrons. The molecular weight excluding hydrogens is 264 g/mol. The number of hydrogen-bond donors (Lipinski definition) is 2. The van der Waals surface area contributed by atoms with Crippen LogP contribution in [0.25, 0.3) is 0 Å². The SMILES string of the molecule is CN=C(NCc1cccc(OC)c1)NCC1CCN(C)C1. The van der Waals surface area contributed by atoms with Gasteiger partial charge in [-0.15, -0.1) is 0 Å². The Bertz CT molecular complexity index is 475. The normalized spacial score (nSPS) is 19.6. The van der Waals surface area contributed by atoms with Crippen LogP contribution in [0.2, 0.25) is 0 Å². The molecule has 1 unspecified atom stereocenters. The summed E-state index contributed by atoms with van der Waals surface area (Å²) in [6.07, 6.45) is 1.26. The van der Waals surface area contributed by atoms with Gasteiger partial charge in [-0.3, -0.25) is 4.99 Å². The van der Waals surface area contributed by atoms with E-state index < -0.39 is 0 Å². The number of guanidine groups is 1. The lowest BCUT2D eigenvalue weighted by molar-refractivity contribution is 0.394. The summed E-state index contributed by atoms with van der Waals surface area (Å²) in [5.74, 6) is 2.45. The number of benzene rings is 1.